The van der Waals surface area contributed by atoms with Gasteiger partial charge >= 0.3 is 5.97 Å². The molecule has 0 unspecified atom stereocenters. The third-order valence-electron chi connectivity index (χ3n) is 2.63. The van der Waals surface area contributed by atoms with Crippen LogP contribution in [0.25, 0.3) is 0 Å². The molecule has 4 nitrogen and oxygen atoms in total. The van der Waals surface area contributed by atoms with E-state index in [1.165, 1.54) is 6.07 Å². The molecule has 0 fully saturated rings. The average molecular weight is 392 g/mol. The number of aromatic carboxylic acids is 1. The van der Waals surface area contributed by atoms with E-state index in [0.29, 0.717) is 17.3 Å². The molecule has 2 aromatic rings. The van der Waals surface area contributed by atoms with Crippen LogP contribution in [0, 0.1) is 10.5 Å². The maximum absolute atomic E-state index is 10.8. The van der Waals surface area contributed by atoms with Crippen molar-refractivity contribution in [3.8, 4) is 0 Å². The molecule has 0 radical (unpaired) electrons. The predicted molar refractivity (Wildman–Crippen MR) is 81.9 cm³/mol. The Labute approximate surface area is 128 Å². The van der Waals surface area contributed by atoms with Gasteiger partial charge in [0.1, 0.15) is 5.76 Å². The fraction of sp³-hybridized carbons (Fsp3) is 0.154. The Kier molecular flexibility index (Phi) is 4.36. The fourth-order valence-electron chi connectivity index (χ4n) is 1.62. The lowest BCUT2D eigenvalue weighted by molar-refractivity contribution is 0.0661. The Bertz CT molecular complexity index is 624. The molecule has 0 saturated heterocycles. The summed E-state index contributed by atoms with van der Waals surface area (Å²) in [5, 5.41) is 12.6. The number of rotatable bonds is 4. The molecule has 1 heterocycles. The summed E-state index contributed by atoms with van der Waals surface area (Å²) in [6.45, 7) is 2.20. The summed E-state index contributed by atoms with van der Waals surface area (Å²) in [5.74, 6) is -0.531. The molecule has 19 heavy (non-hydrogen) atoms. The number of benzene rings is 1. The van der Waals surface area contributed by atoms with Crippen molar-refractivity contribution in [3.05, 3.63) is 49.9 Å². The van der Waals surface area contributed by atoms with Gasteiger partial charge in [0.15, 0.2) is 0 Å². The largest absolute Gasteiger partial charge is 0.475 e. The van der Waals surface area contributed by atoms with Gasteiger partial charge in [-0.2, -0.15) is 0 Å². The number of nitrogens with one attached hydrogen (secondary N) is 1. The highest BCUT2D eigenvalue weighted by atomic mass is 127. The van der Waals surface area contributed by atoms with Crippen LogP contribution in [0.5, 0.6) is 0 Å². The monoisotopic (exact) mass is 391 g/mol. The van der Waals surface area contributed by atoms with E-state index in [9.17, 15) is 4.79 Å². The normalized spacial score (nSPS) is 10.5. The van der Waals surface area contributed by atoms with Crippen LogP contribution in [0.3, 0.4) is 0 Å². The van der Waals surface area contributed by atoms with E-state index in [1.807, 2.05) is 18.2 Å². The van der Waals surface area contributed by atoms with Gasteiger partial charge in [0, 0.05) is 15.7 Å². The molecule has 6 heteroatoms. The molecule has 1 aromatic heterocycles. The number of carboxylic acids is 1. The fourth-order valence-corrected chi connectivity index (χ4v) is 2.55. The smallest absolute Gasteiger partial charge is 0.371 e. The molecule has 0 atom stereocenters. The number of aryl methyl sites for hydroxylation is 1. The van der Waals surface area contributed by atoms with Gasteiger partial charge in [-0.25, -0.2) is 4.79 Å². The maximum Gasteiger partial charge on any atom is 0.371 e. The molecule has 0 bridgehead atoms. The molecule has 0 amide bonds. The number of carbonyl (C=O) groups is 1. The van der Waals surface area contributed by atoms with Crippen LogP contribution in [0.4, 0.5) is 5.69 Å². The summed E-state index contributed by atoms with van der Waals surface area (Å²) in [5.41, 5.74) is 1.60. The number of hydrogen-bond acceptors (Lipinski definition) is 3. The first-order valence-electron chi connectivity index (χ1n) is 5.49. The van der Waals surface area contributed by atoms with Crippen molar-refractivity contribution in [2.45, 2.75) is 13.5 Å². The average Bonchev–Trinajstić information content (AvgIpc) is 2.70. The molecule has 0 saturated carbocycles. The molecule has 100 valence electrons. The van der Waals surface area contributed by atoms with Gasteiger partial charge in [-0.1, -0.05) is 11.6 Å². The third kappa shape index (κ3) is 3.42. The van der Waals surface area contributed by atoms with Crippen molar-refractivity contribution in [3.63, 3.8) is 0 Å². The van der Waals surface area contributed by atoms with Crippen molar-refractivity contribution < 1.29 is 14.3 Å². The zero-order chi connectivity index (χ0) is 14.0. The van der Waals surface area contributed by atoms with Gasteiger partial charge in [-0.3, -0.25) is 0 Å². The van der Waals surface area contributed by atoms with Crippen LogP contribution in [-0.2, 0) is 6.54 Å². The topological polar surface area (TPSA) is 62.5 Å². The van der Waals surface area contributed by atoms with Crippen LogP contribution >= 0.6 is 34.2 Å². The van der Waals surface area contributed by atoms with Crippen LogP contribution in [0.15, 0.2) is 28.7 Å². The molecule has 1 aromatic carbocycles. The second kappa shape index (κ2) is 5.83. The van der Waals surface area contributed by atoms with E-state index in [2.05, 4.69) is 27.9 Å². The zero-order valence-electron chi connectivity index (χ0n) is 10.0. The standard InChI is InChI=1S/C13H11ClINO3/c1-7-8(4-12(19-7)13(17)18)6-16-11-3-2-9(15)5-10(11)14/h2-5,16H,6H2,1H3,(H,17,18). The molecular weight excluding hydrogens is 381 g/mol. The summed E-state index contributed by atoms with van der Waals surface area (Å²) in [7, 11) is 0. The zero-order valence-corrected chi connectivity index (χ0v) is 12.9. The summed E-state index contributed by atoms with van der Waals surface area (Å²) >= 11 is 8.29. The molecule has 2 rings (SSSR count). The number of hydrogen-bond donors (Lipinski definition) is 2. The predicted octanol–water partition coefficient (Wildman–Crippen LogP) is 4.16. The highest BCUT2D eigenvalue weighted by Crippen LogP contribution is 2.25. The van der Waals surface area contributed by atoms with E-state index in [0.717, 1.165) is 14.8 Å². The van der Waals surface area contributed by atoms with Gasteiger partial charge in [0.25, 0.3) is 0 Å². The van der Waals surface area contributed by atoms with Gasteiger partial charge in [-0.05, 0) is 53.8 Å². The molecule has 2 N–H and O–H groups in total. The molecular formula is C13H11ClINO3. The second-order valence-electron chi connectivity index (χ2n) is 3.97. The number of furan rings is 1. The number of halogens is 2. The maximum atomic E-state index is 10.8. The van der Waals surface area contributed by atoms with Gasteiger partial charge in [0.05, 0.1) is 10.7 Å². The lowest BCUT2D eigenvalue weighted by atomic mass is 10.2. The summed E-state index contributed by atoms with van der Waals surface area (Å²) in [4.78, 5) is 10.8. The van der Waals surface area contributed by atoms with Crippen LogP contribution in [0.1, 0.15) is 21.9 Å². The summed E-state index contributed by atoms with van der Waals surface area (Å²) in [6, 6.07) is 7.21. The van der Waals surface area contributed by atoms with Gasteiger partial charge < -0.3 is 14.8 Å². The quantitative estimate of drug-likeness (QED) is 0.769. The van der Waals surface area contributed by atoms with E-state index in [4.69, 9.17) is 21.1 Å². The van der Waals surface area contributed by atoms with E-state index >= 15 is 0 Å². The highest BCUT2D eigenvalue weighted by molar-refractivity contribution is 14.1. The first-order valence-corrected chi connectivity index (χ1v) is 6.94. The first kappa shape index (κ1) is 14.2. The highest BCUT2D eigenvalue weighted by Gasteiger charge is 2.13. The van der Waals surface area contributed by atoms with E-state index in [1.54, 1.807) is 6.92 Å². The van der Waals surface area contributed by atoms with Gasteiger partial charge in [-0.15, -0.1) is 0 Å². The van der Waals surface area contributed by atoms with Crippen molar-refractivity contribution >= 4 is 45.8 Å². The Balaban J connectivity index is 2.12. The third-order valence-corrected chi connectivity index (χ3v) is 3.62. The van der Waals surface area contributed by atoms with Crippen molar-refractivity contribution in [1.82, 2.24) is 0 Å². The summed E-state index contributed by atoms with van der Waals surface area (Å²) < 4.78 is 6.20. The molecule has 0 aliphatic carbocycles. The van der Waals surface area contributed by atoms with E-state index in [-0.39, 0.29) is 5.76 Å². The molecule has 0 aliphatic rings. The minimum absolute atomic E-state index is 0.0528. The second-order valence-corrected chi connectivity index (χ2v) is 5.63. The lowest BCUT2D eigenvalue weighted by Crippen LogP contribution is -2.00. The van der Waals surface area contributed by atoms with Crippen LogP contribution in [0.2, 0.25) is 5.02 Å². The number of anilines is 1. The van der Waals surface area contributed by atoms with Crippen LogP contribution in [-0.4, -0.2) is 11.1 Å². The van der Waals surface area contributed by atoms with Crippen LogP contribution < -0.4 is 5.32 Å². The number of carboxylic acid groups (broad SMARTS) is 1. The molecule has 0 spiro atoms. The van der Waals surface area contributed by atoms with Crippen molar-refractivity contribution in [1.29, 1.82) is 0 Å². The lowest BCUT2D eigenvalue weighted by Gasteiger charge is -2.07. The minimum Gasteiger partial charge on any atom is -0.475 e. The van der Waals surface area contributed by atoms with E-state index < -0.39 is 5.97 Å². The first-order chi connectivity index (χ1) is 8.97. The Morgan fingerprint density at radius 3 is 2.79 bits per heavy atom. The van der Waals surface area contributed by atoms with Crippen molar-refractivity contribution in [2.24, 2.45) is 0 Å². The van der Waals surface area contributed by atoms with Crippen molar-refractivity contribution in [2.75, 3.05) is 5.32 Å². The Morgan fingerprint density at radius 1 is 1.47 bits per heavy atom. The summed E-state index contributed by atoms with van der Waals surface area (Å²) in [6.07, 6.45) is 0. The minimum atomic E-state index is -1.07. The SMILES string of the molecule is Cc1oc(C(=O)O)cc1CNc1ccc(I)cc1Cl. The Morgan fingerprint density at radius 2 is 2.21 bits per heavy atom. The Hall–Kier alpha value is -1.21. The van der Waals surface area contributed by atoms with Gasteiger partial charge in [0.2, 0.25) is 5.76 Å². The molecule has 0 aliphatic heterocycles.